The number of amidine groups is 1. The second-order valence-electron chi connectivity index (χ2n) is 17.8. The lowest BCUT2D eigenvalue weighted by Gasteiger charge is -2.50. The highest BCUT2D eigenvalue weighted by Crippen LogP contribution is 2.34. The number of aliphatic hydroxyl groups excluding tert-OH is 1. The number of aryl methyl sites for hydroxylation is 1. The van der Waals surface area contributed by atoms with Crippen LogP contribution in [-0.4, -0.2) is 147 Å². The number of carbonyl (C=O) groups excluding carboxylic acids is 2. The van der Waals surface area contributed by atoms with Gasteiger partial charge in [0, 0.05) is 69.9 Å². The van der Waals surface area contributed by atoms with Gasteiger partial charge in [-0.25, -0.2) is 4.98 Å². The summed E-state index contributed by atoms with van der Waals surface area (Å²) in [5, 5.41) is 48.8. The summed E-state index contributed by atoms with van der Waals surface area (Å²) in [7, 11) is 0. The Kier molecular flexibility index (Phi) is 13.8. The number of aliphatic hydroxyl groups is 1. The molecule has 340 valence electrons. The van der Waals surface area contributed by atoms with E-state index in [2.05, 4.69) is 35.5 Å². The third-order valence-electron chi connectivity index (χ3n) is 13.1. The van der Waals surface area contributed by atoms with Gasteiger partial charge in [0.25, 0.3) is 5.88 Å². The molecule has 6 atom stereocenters. The van der Waals surface area contributed by atoms with E-state index >= 15 is 0 Å². The number of piperidine rings is 1. The van der Waals surface area contributed by atoms with Gasteiger partial charge in [-0.2, -0.15) is 0 Å². The number of piperazine rings is 2. The molecule has 0 radical (unpaired) electrons. The molecule has 2 amide bonds. The normalized spacial score (nSPS) is 23.5. The second-order valence-corrected chi connectivity index (χ2v) is 18.7. The zero-order valence-corrected chi connectivity index (χ0v) is 37.8. The number of β-amino-alcohol motifs (C(OH)–C–C–N with tert-alkyl or cyclic N) is 1. The number of nitrogens with one attached hydrogen (secondary N) is 4. The zero-order chi connectivity index (χ0) is 45.1. The minimum atomic E-state index is -0.832. The standard InChI is InChI=1S/C47H60N10O6S/c1-28(2)43(47(61)57-26-35(58)20-39(57)46(60)52-29(3)31-11-13-32(14-12-31)44-30(4)51-27-64-44)41-22-42(53-63-41)62-19-18-54-15-7-8-33(24-54)55-16-17-56-34(25-55)23-50-45(49)38(56)21-37(48)36-9-5-6-10-40(36)59/h5-6,9-14,21-22,27-29,33-35,39,43,48,58-59H,7-8,15-20,23-26H2,1-4H3,(H2,49,50)(H,52,60)/b38-21+,48-37?/t29-,33?,34-,35+,39-,43+/m0/s1. The Morgan fingerprint density at radius 2 is 1.88 bits per heavy atom. The molecule has 4 saturated heterocycles. The summed E-state index contributed by atoms with van der Waals surface area (Å²) >= 11 is 1.59. The van der Waals surface area contributed by atoms with Crippen LogP contribution in [0.4, 0.5) is 0 Å². The van der Waals surface area contributed by atoms with Crippen LogP contribution in [0.5, 0.6) is 11.6 Å². The van der Waals surface area contributed by atoms with Crippen molar-refractivity contribution in [3.05, 3.63) is 94.5 Å². The molecule has 6 N–H and O–H groups in total. The number of likely N-dealkylation sites (tertiary alicyclic amines) is 2. The number of benzene rings is 2. The number of fused-ring (bicyclic) bond motifs is 1. The van der Waals surface area contributed by atoms with Gasteiger partial charge in [-0.15, -0.1) is 11.3 Å². The van der Waals surface area contributed by atoms with Gasteiger partial charge in [0.05, 0.1) is 45.7 Å². The van der Waals surface area contributed by atoms with Crippen LogP contribution in [0.2, 0.25) is 0 Å². The first-order chi connectivity index (χ1) is 30.8. The Morgan fingerprint density at radius 1 is 1.08 bits per heavy atom. The maximum absolute atomic E-state index is 14.2. The summed E-state index contributed by atoms with van der Waals surface area (Å²) in [6.07, 6.45) is 3.18. The highest BCUT2D eigenvalue weighted by molar-refractivity contribution is 7.13. The van der Waals surface area contributed by atoms with Crippen molar-refractivity contribution < 1.29 is 29.1 Å². The first-order valence-corrected chi connectivity index (χ1v) is 23.3. The molecule has 4 fully saturated rings. The van der Waals surface area contributed by atoms with Gasteiger partial charge in [-0.05, 0) is 73.6 Å². The highest BCUT2D eigenvalue weighted by atomic mass is 32.1. The lowest BCUT2D eigenvalue weighted by atomic mass is 9.91. The number of nitrogens with zero attached hydrogens (tertiary/aromatic N) is 6. The topological polar surface area (TPSA) is 207 Å². The number of aromatic nitrogens is 2. The predicted octanol–water partition coefficient (Wildman–Crippen LogP) is 4.75. The summed E-state index contributed by atoms with van der Waals surface area (Å²) in [6, 6.07) is 15.9. The third kappa shape index (κ3) is 9.87. The number of aromatic hydroxyl groups is 1. The van der Waals surface area contributed by atoms with E-state index in [4.69, 9.17) is 20.1 Å². The summed E-state index contributed by atoms with van der Waals surface area (Å²) < 4.78 is 11.8. The monoisotopic (exact) mass is 892 g/mol. The van der Waals surface area contributed by atoms with E-state index in [9.17, 15) is 19.8 Å². The van der Waals surface area contributed by atoms with Crippen molar-refractivity contribution >= 4 is 34.7 Å². The fraction of sp³-hybridized carbons (Fsp3) is 0.489. The number of rotatable bonds is 14. The molecule has 1 unspecified atom stereocenters. The minimum absolute atomic E-state index is 0.0498. The van der Waals surface area contributed by atoms with Crippen LogP contribution in [0, 0.1) is 23.7 Å². The molecule has 4 aromatic rings. The number of carbonyl (C=O) groups is 2. The van der Waals surface area contributed by atoms with Crippen molar-refractivity contribution in [3.63, 3.8) is 0 Å². The number of ether oxygens (including phenoxy) is 1. The second kappa shape index (κ2) is 19.6. The first kappa shape index (κ1) is 45.0. The van der Waals surface area contributed by atoms with Crippen molar-refractivity contribution in [2.45, 2.75) is 83.1 Å². The fourth-order valence-electron chi connectivity index (χ4n) is 9.64. The van der Waals surface area contributed by atoms with Crippen LogP contribution in [0.1, 0.15) is 74.6 Å². The molecule has 0 saturated carbocycles. The number of thiazole rings is 1. The van der Waals surface area contributed by atoms with E-state index in [1.165, 1.54) is 4.90 Å². The molecule has 0 spiro atoms. The van der Waals surface area contributed by atoms with Crippen molar-refractivity contribution in [1.82, 2.24) is 40.4 Å². The largest absolute Gasteiger partial charge is 0.507 e. The van der Waals surface area contributed by atoms with Gasteiger partial charge >= 0.3 is 0 Å². The van der Waals surface area contributed by atoms with E-state index in [-0.39, 0.29) is 54.2 Å². The van der Waals surface area contributed by atoms with Gasteiger partial charge in [-0.3, -0.25) is 24.8 Å². The minimum Gasteiger partial charge on any atom is -0.507 e. The highest BCUT2D eigenvalue weighted by Gasteiger charge is 2.44. The molecule has 17 heteroatoms. The molecular weight excluding hydrogens is 833 g/mol. The van der Waals surface area contributed by atoms with Crippen LogP contribution in [0.25, 0.3) is 10.4 Å². The smallest absolute Gasteiger partial charge is 0.254 e. The summed E-state index contributed by atoms with van der Waals surface area (Å²) in [6.45, 7) is 13.9. The van der Waals surface area contributed by atoms with Gasteiger partial charge in [0.2, 0.25) is 11.8 Å². The molecule has 0 aliphatic carbocycles. The zero-order valence-electron chi connectivity index (χ0n) is 37.0. The summed E-state index contributed by atoms with van der Waals surface area (Å²) in [4.78, 5) is 42.1. The van der Waals surface area contributed by atoms with Crippen LogP contribution in [0.3, 0.4) is 0 Å². The molecule has 6 heterocycles. The number of para-hydroxylation sites is 1. The molecule has 8 rings (SSSR count). The number of phenolic OH excluding ortho intramolecular Hbond substituents is 1. The van der Waals surface area contributed by atoms with E-state index < -0.39 is 18.1 Å². The number of hydrogen-bond acceptors (Lipinski definition) is 14. The Bertz CT molecular complexity index is 2350. The number of amides is 2. The van der Waals surface area contributed by atoms with E-state index in [1.807, 2.05) is 57.5 Å². The van der Waals surface area contributed by atoms with Gasteiger partial charge in [0.1, 0.15) is 30.2 Å². The quantitative estimate of drug-likeness (QED) is 0.0949. The van der Waals surface area contributed by atoms with Gasteiger partial charge in [-0.1, -0.05) is 50.2 Å². The van der Waals surface area contributed by atoms with Crippen LogP contribution < -0.4 is 15.4 Å². The Balaban J connectivity index is 0.828. The Labute approximate surface area is 378 Å². The van der Waals surface area contributed by atoms with Crippen molar-refractivity contribution in [1.29, 1.82) is 10.8 Å². The number of allylic oxidation sites excluding steroid dienone is 1. The number of phenols is 1. The van der Waals surface area contributed by atoms with Crippen molar-refractivity contribution in [3.8, 4) is 22.1 Å². The molecule has 4 aliphatic heterocycles. The molecular formula is C47H60N10O6S. The lowest BCUT2D eigenvalue weighted by molar-refractivity contribution is -0.141. The van der Waals surface area contributed by atoms with Crippen molar-refractivity contribution in [2.75, 3.05) is 59.0 Å². The van der Waals surface area contributed by atoms with E-state index in [1.54, 1.807) is 47.7 Å². The van der Waals surface area contributed by atoms with Gasteiger partial charge < -0.3 is 45.3 Å². The molecule has 2 aromatic carbocycles. The molecule has 2 aromatic heterocycles. The Hall–Kier alpha value is -5.62. The SMILES string of the molecule is Cc1ncsc1-c1ccc([C@H](C)NC(=O)[C@@H]2C[C@@H](O)CN2C(=O)[C@@H](c2cc(OCCN3CCCC(N4CCN5/C(=C/C(=N)c6ccccc6O)C(=N)NC[C@H]5C4)C3)no2)C(C)C)cc1. The molecule has 16 nitrogen and oxygen atoms in total. The average Bonchev–Trinajstić information content (AvgIpc) is 4.04. The van der Waals surface area contributed by atoms with Crippen LogP contribution in [-0.2, 0) is 9.59 Å². The van der Waals surface area contributed by atoms with E-state index in [0.29, 0.717) is 54.5 Å². The third-order valence-corrected chi connectivity index (χ3v) is 14.1. The summed E-state index contributed by atoms with van der Waals surface area (Å²) in [5.74, 6) is -0.516. The molecule has 64 heavy (non-hydrogen) atoms. The van der Waals surface area contributed by atoms with Crippen molar-refractivity contribution in [2.24, 2.45) is 5.92 Å². The average molecular weight is 893 g/mol. The Morgan fingerprint density at radius 3 is 2.62 bits per heavy atom. The molecule has 0 bridgehead atoms. The maximum Gasteiger partial charge on any atom is 0.254 e. The summed E-state index contributed by atoms with van der Waals surface area (Å²) in [5.41, 5.74) is 6.10. The lowest BCUT2D eigenvalue weighted by Crippen LogP contribution is -2.64. The predicted molar refractivity (Wildman–Crippen MR) is 245 cm³/mol. The van der Waals surface area contributed by atoms with E-state index in [0.717, 1.165) is 67.3 Å². The molecule has 4 aliphatic rings. The fourth-order valence-corrected chi connectivity index (χ4v) is 10.5. The first-order valence-electron chi connectivity index (χ1n) is 22.4. The van der Waals surface area contributed by atoms with Crippen LogP contribution >= 0.6 is 11.3 Å². The van der Waals surface area contributed by atoms with Crippen LogP contribution in [0.15, 0.2) is 76.4 Å². The number of hydrogen-bond donors (Lipinski definition) is 6. The maximum atomic E-state index is 14.2. The van der Waals surface area contributed by atoms with Gasteiger partial charge in [0.15, 0.2) is 5.76 Å².